The van der Waals surface area contributed by atoms with E-state index in [0.717, 1.165) is 38.6 Å². The van der Waals surface area contributed by atoms with Crippen LogP contribution in [0, 0.1) is 6.92 Å². The number of anilines is 1. The summed E-state index contributed by atoms with van der Waals surface area (Å²) in [5, 5.41) is 12.4. The maximum absolute atomic E-state index is 11.8. The van der Waals surface area contributed by atoms with Crippen molar-refractivity contribution in [1.82, 2.24) is 24.7 Å². The van der Waals surface area contributed by atoms with Crippen molar-refractivity contribution in [1.29, 1.82) is 0 Å². The topological polar surface area (TPSA) is 76.8 Å². The third-order valence-corrected chi connectivity index (χ3v) is 6.60. The van der Waals surface area contributed by atoms with Crippen molar-refractivity contribution < 1.29 is 4.79 Å². The van der Waals surface area contributed by atoms with Gasteiger partial charge in [0, 0.05) is 42.6 Å². The molecule has 4 aromatic rings. The highest BCUT2D eigenvalue weighted by atomic mass is 32.2. The number of hydrogen-bond acceptors (Lipinski definition) is 7. The van der Waals surface area contributed by atoms with Crippen LogP contribution < -0.4 is 4.90 Å². The average molecular weight is 451 g/mol. The van der Waals surface area contributed by atoms with Crippen molar-refractivity contribution in [3.63, 3.8) is 0 Å². The van der Waals surface area contributed by atoms with Gasteiger partial charge in [-0.1, -0.05) is 30.0 Å². The normalized spacial score (nSPS) is 10.9. The second-order valence-corrected chi connectivity index (χ2v) is 8.62. The summed E-state index contributed by atoms with van der Waals surface area (Å²) in [7, 11) is 0. The van der Waals surface area contributed by atoms with E-state index in [4.69, 9.17) is 0 Å². The molecule has 9 heteroatoms. The van der Waals surface area contributed by atoms with Crippen LogP contribution in [0.5, 0.6) is 0 Å². The van der Waals surface area contributed by atoms with Crippen LogP contribution in [0.3, 0.4) is 0 Å². The molecular formula is C22H22N6OS2. The molecule has 0 aliphatic heterocycles. The Morgan fingerprint density at radius 2 is 2.03 bits per heavy atom. The van der Waals surface area contributed by atoms with E-state index in [1.54, 1.807) is 36.0 Å². The fraction of sp³-hybridized carbons (Fsp3) is 0.227. The van der Waals surface area contributed by atoms with Gasteiger partial charge in [-0.2, -0.15) is 0 Å². The van der Waals surface area contributed by atoms with E-state index in [1.807, 2.05) is 36.6 Å². The molecule has 7 nitrogen and oxygen atoms in total. The molecule has 31 heavy (non-hydrogen) atoms. The number of aromatic nitrogens is 5. The predicted octanol–water partition coefficient (Wildman–Crippen LogP) is 4.76. The highest BCUT2D eigenvalue weighted by molar-refractivity contribution is 7.98. The number of aryl methyl sites for hydroxylation is 1. The first kappa shape index (κ1) is 21.2. The van der Waals surface area contributed by atoms with Crippen LogP contribution in [-0.4, -0.2) is 37.2 Å². The number of hydrogen-bond donors (Lipinski definition) is 0. The van der Waals surface area contributed by atoms with Crippen LogP contribution in [-0.2, 0) is 10.5 Å². The Kier molecular flexibility index (Phi) is 6.43. The quantitative estimate of drug-likeness (QED) is 0.378. The maximum atomic E-state index is 11.8. The summed E-state index contributed by atoms with van der Waals surface area (Å²) in [6, 6.07) is 12.0. The van der Waals surface area contributed by atoms with Gasteiger partial charge in [-0.3, -0.25) is 19.2 Å². The summed E-state index contributed by atoms with van der Waals surface area (Å²) >= 11 is 3.05. The molecule has 0 saturated heterocycles. The first-order valence-electron chi connectivity index (χ1n) is 9.85. The zero-order valence-corrected chi connectivity index (χ0v) is 19.2. The smallest absolute Gasteiger partial charge is 0.225 e. The molecule has 3 aromatic heterocycles. The number of pyridine rings is 1. The minimum atomic E-state index is -0.00328. The molecule has 0 fully saturated rings. The van der Waals surface area contributed by atoms with Crippen LogP contribution in [0.1, 0.15) is 25.1 Å². The third-order valence-electron chi connectivity index (χ3n) is 4.73. The van der Waals surface area contributed by atoms with Gasteiger partial charge in [-0.15, -0.1) is 21.5 Å². The van der Waals surface area contributed by atoms with Crippen LogP contribution in [0.15, 0.2) is 59.3 Å². The number of thioether (sulfide) groups is 1. The summed E-state index contributed by atoms with van der Waals surface area (Å²) in [5.41, 5.74) is 3.97. The van der Waals surface area contributed by atoms with Gasteiger partial charge in [-0.05, 0) is 37.6 Å². The second kappa shape index (κ2) is 9.40. The highest BCUT2D eigenvalue weighted by Crippen LogP contribution is 2.31. The van der Waals surface area contributed by atoms with E-state index >= 15 is 0 Å². The second-order valence-electron chi connectivity index (χ2n) is 6.84. The molecule has 3 heterocycles. The van der Waals surface area contributed by atoms with E-state index in [1.165, 1.54) is 11.3 Å². The molecule has 158 valence electrons. The van der Waals surface area contributed by atoms with Crippen LogP contribution in [0.25, 0.3) is 17.1 Å². The van der Waals surface area contributed by atoms with Crippen molar-refractivity contribution in [3.8, 4) is 17.1 Å². The number of rotatable bonds is 7. The number of carbonyl (C=O) groups excluding carboxylic acids is 1. The van der Waals surface area contributed by atoms with Gasteiger partial charge in [0.05, 0.1) is 11.4 Å². The van der Waals surface area contributed by atoms with Gasteiger partial charge in [0.1, 0.15) is 0 Å². The van der Waals surface area contributed by atoms with Gasteiger partial charge >= 0.3 is 0 Å². The lowest BCUT2D eigenvalue weighted by atomic mass is 10.2. The molecule has 0 N–H and O–H groups in total. The van der Waals surface area contributed by atoms with Crippen molar-refractivity contribution in [2.75, 3.05) is 11.4 Å². The molecule has 0 aliphatic carbocycles. The Balaban J connectivity index is 1.65. The number of carbonyl (C=O) groups is 1. The summed E-state index contributed by atoms with van der Waals surface area (Å²) in [4.78, 5) is 22.3. The van der Waals surface area contributed by atoms with Gasteiger partial charge < -0.3 is 0 Å². The molecular weight excluding hydrogens is 428 g/mol. The third kappa shape index (κ3) is 4.52. The predicted molar refractivity (Wildman–Crippen MR) is 125 cm³/mol. The SMILES string of the molecule is CCN(C(C)=O)c1nc(CSc2nnc(-c3cccnc3)n2-c2ccccc2C)cs1. The Morgan fingerprint density at radius 3 is 2.74 bits per heavy atom. The van der Waals surface area contributed by atoms with Gasteiger partial charge in [0.25, 0.3) is 0 Å². The first-order valence-corrected chi connectivity index (χ1v) is 11.7. The van der Waals surface area contributed by atoms with Gasteiger partial charge in [0.15, 0.2) is 16.1 Å². The summed E-state index contributed by atoms with van der Waals surface area (Å²) in [5.74, 6) is 1.37. The average Bonchev–Trinajstić information content (AvgIpc) is 3.41. The number of para-hydroxylation sites is 1. The number of nitrogens with zero attached hydrogens (tertiary/aromatic N) is 6. The Labute approximate surface area is 189 Å². The highest BCUT2D eigenvalue weighted by Gasteiger charge is 2.19. The molecule has 0 spiro atoms. The lowest BCUT2D eigenvalue weighted by molar-refractivity contribution is -0.116. The van der Waals surface area contributed by atoms with Crippen LogP contribution in [0.2, 0.25) is 0 Å². The largest absolute Gasteiger partial charge is 0.289 e. The Hall–Kier alpha value is -3.04. The minimum absolute atomic E-state index is 0.00328. The van der Waals surface area contributed by atoms with Crippen LogP contribution in [0.4, 0.5) is 5.13 Å². The standard InChI is InChI=1S/C22H22N6OS2/c1-4-27(16(3)29)21-24-18(13-30-21)14-31-22-26-25-20(17-9-7-11-23-12-17)28(22)19-10-6-5-8-15(19)2/h5-13H,4,14H2,1-3H3. The zero-order chi connectivity index (χ0) is 21.8. The summed E-state index contributed by atoms with van der Waals surface area (Å²) in [6.45, 7) is 6.18. The molecule has 1 aromatic carbocycles. The molecule has 0 atom stereocenters. The number of amides is 1. The fourth-order valence-corrected chi connectivity index (χ4v) is 5.07. The van der Waals surface area contributed by atoms with Crippen molar-refractivity contribution >= 4 is 34.1 Å². The van der Waals surface area contributed by atoms with E-state index in [2.05, 4.69) is 43.8 Å². The lowest BCUT2D eigenvalue weighted by Crippen LogP contribution is -2.27. The fourth-order valence-electron chi connectivity index (χ4n) is 3.19. The van der Waals surface area contributed by atoms with Gasteiger partial charge in [0.2, 0.25) is 5.91 Å². The van der Waals surface area contributed by atoms with Crippen molar-refractivity contribution in [2.24, 2.45) is 0 Å². The zero-order valence-electron chi connectivity index (χ0n) is 17.5. The Morgan fingerprint density at radius 1 is 1.19 bits per heavy atom. The summed E-state index contributed by atoms with van der Waals surface area (Å²) < 4.78 is 2.07. The van der Waals surface area contributed by atoms with E-state index in [9.17, 15) is 4.79 Å². The van der Waals surface area contributed by atoms with E-state index < -0.39 is 0 Å². The van der Waals surface area contributed by atoms with Crippen molar-refractivity contribution in [3.05, 3.63) is 65.4 Å². The molecule has 0 aliphatic rings. The molecule has 0 saturated carbocycles. The number of benzene rings is 1. The first-order chi connectivity index (χ1) is 15.1. The molecule has 4 rings (SSSR count). The minimum Gasteiger partial charge on any atom is -0.289 e. The van der Waals surface area contributed by atoms with E-state index in [-0.39, 0.29) is 5.91 Å². The van der Waals surface area contributed by atoms with E-state index in [0.29, 0.717) is 12.3 Å². The molecule has 0 unspecified atom stereocenters. The van der Waals surface area contributed by atoms with Gasteiger partial charge in [-0.25, -0.2) is 4.98 Å². The number of thiazole rings is 1. The van der Waals surface area contributed by atoms with Crippen molar-refractivity contribution in [2.45, 2.75) is 31.7 Å². The monoisotopic (exact) mass is 450 g/mol. The lowest BCUT2D eigenvalue weighted by Gasteiger charge is -2.14. The Bertz CT molecular complexity index is 1190. The van der Waals surface area contributed by atoms with Crippen LogP contribution >= 0.6 is 23.1 Å². The maximum Gasteiger partial charge on any atom is 0.225 e. The molecule has 0 bridgehead atoms. The molecule has 1 amide bonds. The molecule has 0 radical (unpaired) electrons. The summed E-state index contributed by atoms with van der Waals surface area (Å²) in [6.07, 6.45) is 3.54.